The molecule has 1 amide bonds. The van der Waals surface area contributed by atoms with Gasteiger partial charge < -0.3 is 10.8 Å². The minimum atomic E-state index is -3.71. The monoisotopic (exact) mass is 257 g/mol. The number of hydrogen-bond donors (Lipinski definition) is 2. The van der Waals surface area contributed by atoms with E-state index in [1.807, 2.05) is 0 Å². The summed E-state index contributed by atoms with van der Waals surface area (Å²) in [6, 6.07) is 5.11. The number of benzene rings is 1. The Balaban J connectivity index is 2.63. The highest BCUT2D eigenvalue weighted by Crippen LogP contribution is 2.10. The standard InChI is InChI=1S/C10H13N2O4S/c1-17(15,16)12-10(14)9(11)6-7-2-4-8(13)5-3-7/h2-5,9,13H,6,11H2,1H3/t9-/m0/s1. The Hall–Kier alpha value is -1.60. The van der Waals surface area contributed by atoms with E-state index < -0.39 is 22.0 Å². The van der Waals surface area contributed by atoms with Crippen LogP contribution in [0.1, 0.15) is 5.56 Å². The quantitative estimate of drug-likeness (QED) is 0.744. The van der Waals surface area contributed by atoms with E-state index in [0.29, 0.717) is 5.56 Å². The van der Waals surface area contributed by atoms with E-state index in [-0.39, 0.29) is 12.2 Å². The summed E-state index contributed by atoms with van der Waals surface area (Å²) in [4.78, 5) is 11.3. The van der Waals surface area contributed by atoms with Crippen LogP contribution in [-0.2, 0) is 21.2 Å². The first-order valence-corrected chi connectivity index (χ1v) is 6.63. The smallest absolute Gasteiger partial charge is 0.273 e. The van der Waals surface area contributed by atoms with Crippen molar-refractivity contribution in [2.45, 2.75) is 12.5 Å². The van der Waals surface area contributed by atoms with Crippen LogP contribution in [0.5, 0.6) is 5.75 Å². The number of nitrogens with zero attached hydrogens (tertiary/aromatic N) is 1. The van der Waals surface area contributed by atoms with Crippen LogP contribution in [0.15, 0.2) is 24.3 Å². The Bertz CT molecular complexity index is 496. The number of aromatic hydroxyl groups is 1. The predicted molar refractivity (Wildman–Crippen MR) is 61.8 cm³/mol. The molecular weight excluding hydrogens is 244 g/mol. The number of nitrogens with two attached hydrogens (primary N) is 1. The molecule has 0 saturated heterocycles. The fourth-order valence-corrected chi connectivity index (χ4v) is 1.67. The van der Waals surface area contributed by atoms with Crippen molar-refractivity contribution in [3.05, 3.63) is 29.8 Å². The van der Waals surface area contributed by atoms with Crippen LogP contribution in [0.2, 0.25) is 0 Å². The second kappa shape index (κ2) is 5.15. The van der Waals surface area contributed by atoms with Crippen LogP contribution >= 0.6 is 0 Å². The lowest BCUT2D eigenvalue weighted by Gasteiger charge is -2.09. The van der Waals surface area contributed by atoms with Gasteiger partial charge in [0.1, 0.15) is 5.75 Å². The fourth-order valence-electron chi connectivity index (χ4n) is 1.20. The van der Waals surface area contributed by atoms with Gasteiger partial charge in [-0.3, -0.25) is 4.79 Å². The molecule has 0 heterocycles. The number of amides is 1. The molecule has 0 aromatic heterocycles. The summed E-state index contributed by atoms with van der Waals surface area (Å²) in [6.07, 6.45) is 0.996. The molecule has 1 aromatic rings. The van der Waals surface area contributed by atoms with Gasteiger partial charge in [0.2, 0.25) is 0 Å². The van der Waals surface area contributed by atoms with E-state index in [0.717, 1.165) is 6.26 Å². The molecule has 0 spiro atoms. The third-order valence-electron chi connectivity index (χ3n) is 1.96. The van der Waals surface area contributed by atoms with Crippen molar-refractivity contribution in [3.63, 3.8) is 0 Å². The highest BCUT2D eigenvalue weighted by Gasteiger charge is 2.19. The van der Waals surface area contributed by atoms with Crippen molar-refractivity contribution in [1.82, 2.24) is 4.72 Å². The van der Waals surface area contributed by atoms with Gasteiger partial charge in [0.15, 0.2) is 0 Å². The molecule has 3 N–H and O–H groups in total. The van der Waals surface area contributed by atoms with Crippen molar-refractivity contribution < 1.29 is 18.3 Å². The number of sulfonamides is 1. The van der Waals surface area contributed by atoms with Crippen LogP contribution in [0.4, 0.5) is 0 Å². The lowest BCUT2D eigenvalue weighted by molar-refractivity contribution is -0.120. The number of carbonyl (C=O) groups excluding carboxylic acids is 1. The Morgan fingerprint density at radius 2 is 1.94 bits per heavy atom. The van der Waals surface area contributed by atoms with Crippen molar-refractivity contribution in [2.75, 3.05) is 6.26 Å². The van der Waals surface area contributed by atoms with Gasteiger partial charge >= 0.3 is 0 Å². The van der Waals surface area contributed by atoms with E-state index >= 15 is 0 Å². The first-order valence-electron chi connectivity index (χ1n) is 4.78. The van der Waals surface area contributed by atoms with Crippen molar-refractivity contribution in [1.29, 1.82) is 0 Å². The van der Waals surface area contributed by atoms with Crippen molar-refractivity contribution in [3.8, 4) is 5.75 Å². The van der Waals surface area contributed by atoms with Gasteiger partial charge in [0.05, 0.1) is 12.3 Å². The third kappa shape index (κ3) is 4.83. The summed E-state index contributed by atoms with van der Waals surface area (Å²) in [7, 11) is -3.71. The molecule has 93 valence electrons. The fraction of sp³-hybridized carbons (Fsp3) is 0.300. The minimum Gasteiger partial charge on any atom is -0.508 e. The third-order valence-corrected chi connectivity index (χ3v) is 2.48. The normalized spacial score (nSPS) is 13.1. The molecular formula is C10H13N2O4S. The second-order valence-electron chi connectivity index (χ2n) is 3.64. The Kier molecular flexibility index (Phi) is 4.08. The highest BCUT2D eigenvalue weighted by atomic mass is 32.2. The number of phenolic OH excluding ortho intramolecular Hbond substituents is 1. The summed E-state index contributed by atoms with van der Waals surface area (Å²) in [6.45, 7) is 0. The maximum Gasteiger partial charge on any atom is 0.273 e. The van der Waals surface area contributed by atoms with E-state index in [9.17, 15) is 13.2 Å². The minimum absolute atomic E-state index is 0.106. The van der Waals surface area contributed by atoms with Crippen molar-refractivity contribution >= 4 is 15.9 Å². The van der Waals surface area contributed by atoms with Gasteiger partial charge in [-0.15, -0.1) is 4.72 Å². The van der Waals surface area contributed by atoms with Gasteiger partial charge in [0.25, 0.3) is 15.9 Å². The van der Waals surface area contributed by atoms with Crippen molar-refractivity contribution in [2.24, 2.45) is 5.73 Å². The van der Waals surface area contributed by atoms with Gasteiger partial charge in [-0.1, -0.05) is 12.1 Å². The Morgan fingerprint density at radius 1 is 1.41 bits per heavy atom. The number of carbonyl (C=O) groups is 1. The van der Waals surface area contributed by atoms with Gasteiger partial charge in [-0.05, 0) is 24.1 Å². The molecule has 6 nitrogen and oxygen atoms in total. The zero-order valence-corrected chi connectivity index (χ0v) is 10.0. The molecule has 17 heavy (non-hydrogen) atoms. The molecule has 0 bridgehead atoms. The van der Waals surface area contributed by atoms with Crippen LogP contribution in [-0.4, -0.2) is 31.7 Å². The van der Waals surface area contributed by atoms with Gasteiger partial charge in [-0.25, -0.2) is 8.42 Å². The Morgan fingerprint density at radius 3 is 2.41 bits per heavy atom. The Labute approximate surface area is 99.5 Å². The largest absolute Gasteiger partial charge is 0.508 e. The lowest BCUT2D eigenvalue weighted by atomic mass is 10.1. The second-order valence-corrected chi connectivity index (χ2v) is 5.29. The molecule has 0 unspecified atom stereocenters. The summed E-state index contributed by atoms with van der Waals surface area (Å²) < 4.78 is 24.5. The average molecular weight is 257 g/mol. The molecule has 0 saturated carbocycles. The summed E-state index contributed by atoms with van der Waals surface area (Å²) in [5, 5.41) is 9.06. The number of phenols is 1. The lowest BCUT2D eigenvalue weighted by Crippen LogP contribution is -2.40. The van der Waals surface area contributed by atoms with Gasteiger partial charge in [-0.2, -0.15) is 0 Å². The maximum absolute atomic E-state index is 11.3. The predicted octanol–water partition coefficient (Wildman–Crippen LogP) is -0.647. The molecule has 1 radical (unpaired) electrons. The van der Waals surface area contributed by atoms with Gasteiger partial charge in [0, 0.05) is 0 Å². The van der Waals surface area contributed by atoms with Crippen LogP contribution in [0.3, 0.4) is 0 Å². The SMILES string of the molecule is CS(=O)(=O)[N]C(=O)[C@@H](N)Cc1ccc(O)cc1. The topological polar surface area (TPSA) is 112 Å². The molecule has 1 atom stereocenters. The highest BCUT2D eigenvalue weighted by molar-refractivity contribution is 7.89. The number of hydrogen-bond acceptors (Lipinski definition) is 5. The summed E-state index contributed by atoms with van der Waals surface area (Å²) in [5.41, 5.74) is 6.24. The van der Waals surface area contributed by atoms with E-state index in [2.05, 4.69) is 4.72 Å². The zero-order chi connectivity index (χ0) is 13.1. The molecule has 0 fully saturated rings. The summed E-state index contributed by atoms with van der Waals surface area (Å²) in [5.74, 6) is -0.768. The average Bonchev–Trinajstić information content (AvgIpc) is 2.19. The van der Waals surface area contributed by atoms with Crippen LogP contribution in [0.25, 0.3) is 0 Å². The summed E-state index contributed by atoms with van der Waals surface area (Å²) >= 11 is 0. The van der Waals surface area contributed by atoms with E-state index in [1.165, 1.54) is 12.1 Å². The zero-order valence-electron chi connectivity index (χ0n) is 9.20. The first-order chi connectivity index (χ1) is 7.78. The van der Waals surface area contributed by atoms with E-state index in [1.54, 1.807) is 12.1 Å². The molecule has 0 aliphatic heterocycles. The molecule has 1 rings (SSSR count). The molecule has 1 aromatic carbocycles. The molecule has 0 aliphatic rings. The van der Waals surface area contributed by atoms with Crippen LogP contribution < -0.4 is 10.5 Å². The molecule has 7 heteroatoms. The maximum atomic E-state index is 11.3. The number of rotatable bonds is 4. The van der Waals surface area contributed by atoms with E-state index in [4.69, 9.17) is 10.8 Å². The molecule has 0 aliphatic carbocycles. The van der Waals surface area contributed by atoms with Crippen LogP contribution in [0, 0.1) is 0 Å². The first kappa shape index (κ1) is 13.5.